The Labute approximate surface area is 121 Å². The molecule has 0 aromatic heterocycles. The van der Waals surface area contributed by atoms with Crippen molar-refractivity contribution in [2.45, 2.75) is 56.4 Å². The maximum absolute atomic E-state index is 12.5. The highest BCUT2D eigenvalue weighted by Crippen LogP contribution is 2.29. The molecule has 1 aliphatic carbocycles. The van der Waals surface area contributed by atoms with E-state index in [0.29, 0.717) is 11.7 Å². The summed E-state index contributed by atoms with van der Waals surface area (Å²) in [5.74, 6) is 0.755. The molecule has 4 nitrogen and oxygen atoms in total. The van der Waals surface area contributed by atoms with Gasteiger partial charge in [0.25, 0.3) is 0 Å². The van der Waals surface area contributed by atoms with Crippen molar-refractivity contribution >= 4 is 10.0 Å². The minimum atomic E-state index is -3.50. The van der Waals surface area contributed by atoms with Crippen LogP contribution in [0.25, 0.3) is 0 Å². The highest BCUT2D eigenvalue weighted by atomic mass is 32.2. The van der Waals surface area contributed by atoms with Gasteiger partial charge in [-0.3, -0.25) is 0 Å². The van der Waals surface area contributed by atoms with E-state index < -0.39 is 10.0 Å². The molecule has 0 aliphatic heterocycles. The van der Waals surface area contributed by atoms with E-state index in [1.54, 1.807) is 6.07 Å². The van der Waals surface area contributed by atoms with Crippen molar-refractivity contribution in [2.75, 3.05) is 7.11 Å². The number of nitrogens with one attached hydrogen (secondary N) is 1. The summed E-state index contributed by atoms with van der Waals surface area (Å²) in [6.07, 6.45) is 4.03. The van der Waals surface area contributed by atoms with E-state index in [4.69, 9.17) is 4.74 Å². The molecule has 2 rings (SSSR count). The maximum atomic E-state index is 12.5. The van der Waals surface area contributed by atoms with E-state index in [9.17, 15) is 8.42 Å². The van der Waals surface area contributed by atoms with Crippen LogP contribution in [-0.4, -0.2) is 21.6 Å². The van der Waals surface area contributed by atoms with Crippen LogP contribution < -0.4 is 9.46 Å². The van der Waals surface area contributed by atoms with Crippen LogP contribution in [0.4, 0.5) is 0 Å². The van der Waals surface area contributed by atoms with E-state index in [1.165, 1.54) is 7.11 Å². The van der Waals surface area contributed by atoms with Crippen molar-refractivity contribution in [2.24, 2.45) is 0 Å². The molecule has 0 atom stereocenters. The van der Waals surface area contributed by atoms with Gasteiger partial charge in [-0.2, -0.15) is 0 Å². The molecule has 1 fully saturated rings. The molecule has 20 heavy (non-hydrogen) atoms. The molecule has 1 aromatic carbocycles. The maximum Gasteiger partial charge on any atom is 0.244 e. The zero-order chi connectivity index (χ0) is 14.8. The average molecular weight is 297 g/mol. The van der Waals surface area contributed by atoms with Crippen LogP contribution in [0.15, 0.2) is 23.1 Å². The van der Waals surface area contributed by atoms with Gasteiger partial charge in [-0.25, -0.2) is 13.1 Å². The van der Waals surface area contributed by atoms with Gasteiger partial charge in [0.15, 0.2) is 0 Å². The Kier molecular flexibility index (Phi) is 4.70. The minimum Gasteiger partial charge on any atom is -0.495 e. The molecule has 5 heteroatoms. The van der Waals surface area contributed by atoms with Crippen LogP contribution in [0.1, 0.15) is 51.0 Å². The van der Waals surface area contributed by atoms with Crippen molar-refractivity contribution in [1.29, 1.82) is 0 Å². The minimum absolute atomic E-state index is 0.0643. The number of rotatable bonds is 5. The Bertz CT molecular complexity index is 560. The summed E-state index contributed by atoms with van der Waals surface area (Å²) in [5.41, 5.74) is 1.07. The normalized spacial score (nSPS) is 16.8. The SMILES string of the molecule is COc1cc(C(C)C)ccc1S(=O)(=O)NC1CCCC1. The van der Waals surface area contributed by atoms with Gasteiger partial charge in [0, 0.05) is 6.04 Å². The molecule has 0 radical (unpaired) electrons. The second-order valence-corrected chi connectivity index (χ2v) is 7.35. The first-order valence-electron chi connectivity index (χ1n) is 7.14. The Morgan fingerprint density at radius 3 is 2.45 bits per heavy atom. The van der Waals surface area contributed by atoms with E-state index in [0.717, 1.165) is 31.2 Å². The fourth-order valence-electron chi connectivity index (χ4n) is 2.59. The van der Waals surface area contributed by atoms with Crippen molar-refractivity contribution in [3.63, 3.8) is 0 Å². The summed E-state index contributed by atoms with van der Waals surface area (Å²) in [6, 6.07) is 5.38. The highest BCUT2D eigenvalue weighted by Gasteiger charge is 2.25. The number of hydrogen-bond acceptors (Lipinski definition) is 3. The highest BCUT2D eigenvalue weighted by molar-refractivity contribution is 7.89. The standard InChI is InChI=1S/C15H23NO3S/c1-11(2)12-8-9-15(14(10-12)19-3)20(17,18)16-13-6-4-5-7-13/h8-11,13,16H,4-7H2,1-3H3. The quantitative estimate of drug-likeness (QED) is 0.909. The Morgan fingerprint density at radius 1 is 1.25 bits per heavy atom. The Morgan fingerprint density at radius 2 is 1.90 bits per heavy atom. The van der Waals surface area contributed by atoms with Crippen LogP contribution in [0.5, 0.6) is 5.75 Å². The smallest absolute Gasteiger partial charge is 0.244 e. The van der Waals surface area contributed by atoms with Crippen LogP contribution >= 0.6 is 0 Å². The largest absolute Gasteiger partial charge is 0.495 e. The lowest BCUT2D eigenvalue weighted by Gasteiger charge is -2.16. The molecule has 1 N–H and O–H groups in total. The monoisotopic (exact) mass is 297 g/mol. The molecule has 0 spiro atoms. The number of ether oxygens (including phenoxy) is 1. The Hall–Kier alpha value is -1.07. The molecule has 0 saturated heterocycles. The predicted octanol–water partition coefficient (Wildman–Crippen LogP) is 3.04. The van der Waals surface area contributed by atoms with Gasteiger partial charge in [0.2, 0.25) is 10.0 Å². The summed E-state index contributed by atoms with van der Waals surface area (Å²) >= 11 is 0. The molecule has 112 valence electrons. The van der Waals surface area contributed by atoms with Gasteiger partial charge < -0.3 is 4.74 Å². The van der Waals surface area contributed by atoms with E-state index >= 15 is 0 Å². The number of sulfonamides is 1. The van der Waals surface area contributed by atoms with Crippen molar-refractivity contribution in [3.05, 3.63) is 23.8 Å². The third-order valence-electron chi connectivity index (χ3n) is 3.82. The molecule has 0 unspecified atom stereocenters. The van der Waals surface area contributed by atoms with E-state index in [-0.39, 0.29) is 10.9 Å². The number of hydrogen-bond donors (Lipinski definition) is 1. The van der Waals surface area contributed by atoms with Gasteiger partial charge in [0.1, 0.15) is 10.6 Å². The predicted molar refractivity (Wildman–Crippen MR) is 79.7 cm³/mol. The topological polar surface area (TPSA) is 55.4 Å². The summed E-state index contributed by atoms with van der Waals surface area (Å²) in [5, 5.41) is 0. The van der Waals surface area contributed by atoms with Crippen molar-refractivity contribution in [3.8, 4) is 5.75 Å². The van der Waals surface area contributed by atoms with Crippen LogP contribution in [0, 0.1) is 0 Å². The van der Waals surface area contributed by atoms with Crippen LogP contribution in [0.3, 0.4) is 0 Å². The van der Waals surface area contributed by atoms with Gasteiger partial charge in [0.05, 0.1) is 7.11 Å². The fraction of sp³-hybridized carbons (Fsp3) is 0.600. The second kappa shape index (κ2) is 6.14. The molecule has 0 bridgehead atoms. The zero-order valence-corrected chi connectivity index (χ0v) is 13.2. The Balaban J connectivity index is 2.30. The first-order valence-corrected chi connectivity index (χ1v) is 8.62. The summed E-state index contributed by atoms with van der Waals surface area (Å²) < 4.78 is 33.0. The number of benzene rings is 1. The summed E-state index contributed by atoms with van der Waals surface area (Å²) in [4.78, 5) is 0.233. The molecule has 0 heterocycles. The van der Waals surface area contributed by atoms with Gasteiger partial charge >= 0.3 is 0 Å². The van der Waals surface area contributed by atoms with Crippen molar-refractivity contribution < 1.29 is 13.2 Å². The molecule has 1 aliphatic rings. The van der Waals surface area contributed by atoms with Crippen LogP contribution in [0.2, 0.25) is 0 Å². The zero-order valence-electron chi connectivity index (χ0n) is 12.3. The lowest BCUT2D eigenvalue weighted by atomic mass is 10.0. The summed E-state index contributed by atoms with van der Waals surface area (Å²) in [7, 11) is -2.00. The lowest BCUT2D eigenvalue weighted by molar-refractivity contribution is 0.401. The average Bonchev–Trinajstić information content (AvgIpc) is 2.89. The van der Waals surface area contributed by atoms with Crippen molar-refractivity contribution in [1.82, 2.24) is 4.72 Å². The van der Waals surface area contributed by atoms with Gasteiger partial charge in [-0.15, -0.1) is 0 Å². The van der Waals surface area contributed by atoms with Gasteiger partial charge in [-0.05, 0) is 36.5 Å². The second-order valence-electron chi connectivity index (χ2n) is 5.67. The molecule has 1 saturated carbocycles. The third-order valence-corrected chi connectivity index (χ3v) is 5.38. The van der Waals surface area contributed by atoms with Crippen LogP contribution in [-0.2, 0) is 10.0 Å². The molecule has 1 aromatic rings. The van der Waals surface area contributed by atoms with E-state index in [2.05, 4.69) is 18.6 Å². The van der Waals surface area contributed by atoms with E-state index in [1.807, 2.05) is 12.1 Å². The molecule has 0 amide bonds. The lowest BCUT2D eigenvalue weighted by Crippen LogP contribution is -2.32. The summed E-state index contributed by atoms with van der Waals surface area (Å²) in [6.45, 7) is 4.14. The third kappa shape index (κ3) is 3.33. The molecular formula is C15H23NO3S. The fourth-order valence-corrected chi connectivity index (χ4v) is 4.05. The number of methoxy groups -OCH3 is 1. The first-order chi connectivity index (χ1) is 9.44. The molecular weight excluding hydrogens is 274 g/mol. The first kappa shape index (κ1) is 15.3. The van der Waals surface area contributed by atoms with Gasteiger partial charge in [-0.1, -0.05) is 32.8 Å².